The molecule has 0 aliphatic heterocycles. The molecule has 3 rings (SSSR count). The Morgan fingerprint density at radius 3 is 2.63 bits per heavy atom. The third kappa shape index (κ3) is 8.22. The lowest BCUT2D eigenvalue weighted by Gasteiger charge is -2.30. The molecule has 1 aromatic heterocycles. The van der Waals surface area contributed by atoms with Crippen molar-refractivity contribution >= 4 is 35.1 Å². The zero-order valence-electron chi connectivity index (χ0n) is 22.0. The molecule has 0 fully saturated rings. The lowest BCUT2D eigenvalue weighted by Crippen LogP contribution is -2.50. The van der Waals surface area contributed by atoms with Gasteiger partial charge >= 0.3 is 6.09 Å². The summed E-state index contributed by atoms with van der Waals surface area (Å²) in [5, 5.41) is 20.8. The van der Waals surface area contributed by atoms with E-state index in [-0.39, 0.29) is 17.9 Å². The number of aromatic nitrogens is 2. The lowest BCUT2D eigenvalue weighted by atomic mass is 9.86. The Morgan fingerprint density at radius 1 is 1.13 bits per heavy atom. The zero-order valence-corrected chi connectivity index (χ0v) is 22.0. The topological polar surface area (TPSA) is 138 Å². The molecule has 200 valence electrons. The van der Waals surface area contributed by atoms with E-state index in [2.05, 4.69) is 37.8 Å². The van der Waals surface area contributed by atoms with Crippen molar-refractivity contribution in [2.24, 2.45) is 5.41 Å². The van der Waals surface area contributed by atoms with Gasteiger partial charge in [-0.1, -0.05) is 45.6 Å². The van der Waals surface area contributed by atoms with Crippen LogP contribution in [-0.2, 0) is 0 Å². The number of hydrogen-bond acceptors (Lipinski definition) is 7. The third-order valence-electron chi connectivity index (χ3n) is 5.69. The first-order chi connectivity index (χ1) is 18.0. The van der Waals surface area contributed by atoms with Crippen molar-refractivity contribution in [3.05, 3.63) is 78.5 Å². The van der Waals surface area contributed by atoms with E-state index in [1.165, 1.54) is 0 Å². The predicted molar refractivity (Wildman–Crippen MR) is 149 cm³/mol. The number of benzene rings is 2. The van der Waals surface area contributed by atoms with Gasteiger partial charge in [-0.25, -0.2) is 9.78 Å². The van der Waals surface area contributed by atoms with Gasteiger partial charge in [0, 0.05) is 35.7 Å². The number of nitrogens with zero attached hydrogens (tertiary/aromatic N) is 2. The summed E-state index contributed by atoms with van der Waals surface area (Å²) < 4.78 is 5.62. The molecular formula is C28H34N6O4. The van der Waals surface area contributed by atoms with E-state index in [0.717, 1.165) is 11.3 Å². The molecule has 10 heteroatoms. The van der Waals surface area contributed by atoms with Crippen LogP contribution in [0.25, 0.3) is 0 Å². The number of aryl methyl sites for hydroxylation is 1. The Morgan fingerprint density at radius 2 is 1.92 bits per heavy atom. The monoisotopic (exact) mass is 518 g/mol. The van der Waals surface area contributed by atoms with Crippen LogP contribution < -0.4 is 26.0 Å². The smallest absolute Gasteiger partial charge is 0.404 e. The summed E-state index contributed by atoms with van der Waals surface area (Å²) in [6, 6.07) is 14.0. The molecule has 0 aliphatic rings. The second kappa shape index (κ2) is 12.6. The quantitative estimate of drug-likeness (QED) is 0.217. The molecule has 2 aromatic carbocycles. The first-order valence-electron chi connectivity index (χ1n) is 12.1. The number of carbonyl (C=O) groups is 2. The van der Waals surface area contributed by atoms with E-state index in [0.29, 0.717) is 35.4 Å². The molecule has 0 bridgehead atoms. The van der Waals surface area contributed by atoms with Crippen LogP contribution in [0.5, 0.6) is 5.75 Å². The first kappa shape index (κ1) is 28.0. The van der Waals surface area contributed by atoms with Gasteiger partial charge in [0.1, 0.15) is 18.2 Å². The minimum absolute atomic E-state index is 0.155. The molecule has 0 radical (unpaired) electrons. The summed E-state index contributed by atoms with van der Waals surface area (Å²) in [7, 11) is 0. The Kier molecular flexibility index (Phi) is 9.26. The molecule has 10 nitrogen and oxygen atoms in total. The Balaban J connectivity index is 1.68. The maximum Gasteiger partial charge on any atom is 0.404 e. The zero-order chi connectivity index (χ0) is 27.7. The number of hydrogen-bond donors (Lipinski definition) is 5. The van der Waals surface area contributed by atoms with Gasteiger partial charge in [0.15, 0.2) is 0 Å². The number of carbonyl (C=O) groups excluding carboxylic acids is 1. The fourth-order valence-corrected chi connectivity index (χ4v) is 3.49. The lowest BCUT2D eigenvalue weighted by molar-refractivity contribution is 0.0938. The van der Waals surface area contributed by atoms with Crippen LogP contribution >= 0.6 is 0 Å². The Labute approximate surface area is 222 Å². The average Bonchev–Trinajstić information content (AvgIpc) is 2.86. The molecule has 5 N–H and O–H groups in total. The van der Waals surface area contributed by atoms with E-state index >= 15 is 0 Å². The Bertz CT molecular complexity index is 1290. The van der Waals surface area contributed by atoms with E-state index in [4.69, 9.17) is 9.84 Å². The Hall–Kier alpha value is -4.60. The highest BCUT2D eigenvalue weighted by Gasteiger charge is 2.26. The number of amides is 2. The van der Waals surface area contributed by atoms with E-state index in [9.17, 15) is 9.59 Å². The van der Waals surface area contributed by atoms with E-state index in [1.807, 2.05) is 45.9 Å². The highest BCUT2D eigenvalue weighted by Crippen LogP contribution is 2.25. The molecule has 1 heterocycles. The second-order valence-electron chi connectivity index (χ2n) is 9.75. The van der Waals surface area contributed by atoms with Gasteiger partial charge in [0.2, 0.25) is 5.95 Å². The van der Waals surface area contributed by atoms with Crippen LogP contribution in [0.3, 0.4) is 0 Å². The van der Waals surface area contributed by atoms with Crippen molar-refractivity contribution in [1.82, 2.24) is 20.6 Å². The third-order valence-corrected chi connectivity index (χ3v) is 5.69. The van der Waals surface area contributed by atoms with Crippen LogP contribution in [0.15, 0.2) is 67.4 Å². The fourth-order valence-electron chi connectivity index (χ4n) is 3.49. The molecule has 0 saturated carbocycles. The number of ether oxygens (including phenoxy) is 1. The normalized spacial score (nSPS) is 11.7. The molecule has 1 unspecified atom stereocenters. The van der Waals surface area contributed by atoms with Crippen molar-refractivity contribution < 1.29 is 19.4 Å². The number of anilines is 4. The van der Waals surface area contributed by atoms with Gasteiger partial charge in [0.05, 0.1) is 6.04 Å². The fraction of sp³-hybridized carbons (Fsp3) is 0.286. The van der Waals surface area contributed by atoms with Crippen molar-refractivity contribution in [3.8, 4) is 5.75 Å². The number of rotatable bonds is 11. The summed E-state index contributed by atoms with van der Waals surface area (Å²) in [6.45, 7) is 11.9. The van der Waals surface area contributed by atoms with Crippen molar-refractivity contribution in [3.63, 3.8) is 0 Å². The predicted octanol–water partition coefficient (Wildman–Crippen LogP) is 5.25. The van der Waals surface area contributed by atoms with Crippen LogP contribution in [0.2, 0.25) is 0 Å². The summed E-state index contributed by atoms with van der Waals surface area (Å²) in [4.78, 5) is 32.7. The number of carboxylic acid groups (broad SMARTS) is 1. The van der Waals surface area contributed by atoms with Gasteiger partial charge in [-0.15, -0.1) is 0 Å². The van der Waals surface area contributed by atoms with Gasteiger partial charge in [-0.2, -0.15) is 4.98 Å². The van der Waals surface area contributed by atoms with Gasteiger partial charge < -0.3 is 31.1 Å². The summed E-state index contributed by atoms with van der Waals surface area (Å²) >= 11 is 0. The molecule has 0 spiro atoms. The molecule has 0 aliphatic carbocycles. The average molecular weight is 519 g/mol. The van der Waals surface area contributed by atoms with Gasteiger partial charge in [-0.3, -0.25) is 4.79 Å². The molecule has 1 atom stereocenters. The van der Waals surface area contributed by atoms with E-state index in [1.54, 1.807) is 42.6 Å². The molecule has 38 heavy (non-hydrogen) atoms. The molecule has 3 aromatic rings. The summed E-state index contributed by atoms with van der Waals surface area (Å²) in [6.07, 6.45) is 2.18. The number of nitrogens with one attached hydrogen (secondary N) is 4. The van der Waals surface area contributed by atoms with Crippen LogP contribution in [-0.4, -0.2) is 46.3 Å². The van der Waals surface area contributed by atoms with Crippen molar-refractivity contribution in [2.75, 3.05) is 23.8 Å². The SMILES string of the molecule is C=CCOc1ccc(C)c(Nc2ccnc(Nc3cccc(C(=O)NCC(NC(=O)O)C(C)(C)C)c3)n2)c1. The standard InChI is InChI=1S/C28H34N6O4/c1-6-14-38-21-11-10-18(2)22(16-21)32-24-12-13-29-26(34-24)31-20-9-7-8-19(15-20)25(35)30-17-23(28(3,4)5)33-27(36)37/h6-13,15-16,23,33H,1,14,17H2,2-5H3,(H,30,35)(H,36,37)(H2,29,31,32,34). The molecule has 0 saturated heterocycles. The van der Waals surface area contributed by atoms with Crippen molar-refractivity contribution in [2.45, 2.75) is 33.7 Å². The molecular weight excluding hydrogens is 484 g/mol. The highest BCUT2D eigenvalue weighted by atomic mass is 16.5. The van der Waals surface area contributed by atoms with Crippen LogP contribution in [0.4, 0.5) is 27.9 Å². The van der Waals surface area contributed by atoms with E-state index < -0.39 is 12.1 Å². The molecule has 2 amide bonds. The first-order valence-corrected chi connectivity index (χ1v) is 12.1. The van der Waals surface area contributed by atoms with Gasteiger partial charge in [0.25, 0.3) is 5.91 Å². The highest BCUT2D eigenvalue weighted by molar-refractivity contribution is 5.95. The maximum atomic E-state index is 12.8. The largest absolute Gasteiger partial charge is 0.489 e. The van der Waals surface area contributed by atoms with Crippen LogP contribution in [0.1, 0.15) is 36.7 Å². The van der Waals surface area contributed by atoms with Gasteiger partial charge in [-0.05, 0) is 48.2 Å². The summed E-state index contributed by atoms with van der Waals surface area (Å²) in [5.74, 6) is 1.33. The summed E-state index contributed by atoms with van der Waals surface area (Å²) in [5.41, 5.74) is 2.54. The minimum atomic E-state index is -1.13. The van der Waals surface area contributed by atoms with Crippen LogP contribution in [0, 0.1) is 12.3 Å². The maximum absolute atomic E-state index is 12.8. The second-order valence-corrected chi connectivity index (χ2v) is 9.75. The minimum Gasteiger partial charge on any atom is -0.489 e. The van der Waals surface area contributed by atoms with Crippen molar-refractivity contribution in [1.29, 1.82) is 0 Å².